The monoisotopic (exact) mass is 678 g/mol. The molecule has 21 heteroatoms. The Bertz CT molecular complexity index is 2020. The molecule has 16 nitrogen and oxygen atoms in total. The molecule has 4 rings (SSSR count). The van der Waals surface area contributed by atoms with Gasteiger partial charge in [0.05, 0.1) is 22.9 Å². The zero-order valence-electron chi connectivity index (χ0n) is 20.4. The van der Waals surface area contributed by atoms with Crippen LogP contribution < -0.4 is 5.32 Å². The molecule has 0 radical (unpaired) electrons. The van der Waals surface area contributed by atoms with Crippen molar-refractivity contribution in [3.8, 4) is 5.75 Å². The van der Waals surface area contributed by atoms with Crippen molar-refractivity contribution in [1.82, 2.24) is 15.0 Å². The quantitative estimate of drug-likeness (QED) is 0.136. The number of phenols is 1. The number of halogens is 2. The van der Waals surface area contributed by atoms with Crippen molar-refractivity contribution in [1.29, 1.82) is 0 Å². The van der Waals surface area contributed by atoms with E-state index in [-0.39, 0.29) is 37.9 Å². The first-order valence-corrected chi connectivity index (χ1v) is 16.2. The van der Waals surface area contributed by atoms with Gasteiger partial charge in [-0.1, -0.05) is 0 Å². The Hall–Kier alpha value is -3.56. The predicted octanol–water partition coefficient (Wildman–Crippen LogP) is 4.04. The lowest BCUT2D eigenvalue weighted by molar-refractivity contribution is 0.284. The van der Waals surface area contributed by atoms with E-state index in [1.54, 1.807) is 0 Å². The molecule has 3 aromatic carbocycles. The van der Waals surface area contributed by atoms with Crippen LogP contribution in [-0.2, 0) is 34.5 Å². The molecule has 42 heavy (non-hydrogen) atoms. The minimum atomic E-state index is -4.93. The maximum atomic E-state index is 12.3. The van der Waals surface area contributed by atoms with Crippen LogP contribution in [0.2, 0.25) is 10.6 Å². The van der Waals surface area contributed by atoms with Gasteiger partial charge in [-0.2, -0.15) is 36.9 Å². The maximum Gasteiger partial charge on any atom is 0.397 e. The fourth-order valence-electron chi connectivity index (χ4n) is 3.43. The number of rotatable bonds is 10. The van der Waals surface area contributed by atoms with Gasteiger partial charge in [0, 0.05) is 11.1 Å². The van der Waals surface area contributed by atoms with Crippen molar-refractivity contribution >= 4 is 87.3 Å². The number of azo groups is 1. The van der Waals surface area contributed by atoms with Crippen molar-refractivity contribution in [3.63, 3.8) is 0 Å². The molecule has 0 saturated carbocycles. The molecule has 4 aromatic rings. The average molecular weight is 679 g/mol. The summed E-state index contributed by atoms with van der Waals surface area (Å²) in [6.45, 7) is -0.819. The Morgan fingerprint density at radius 2 is 1.50 bits per heavy atom. The topological polar surface area (TPSA) is 248 Å². The second-order valence-corrected chi connectivity index (χ2v) is 13.3. The molecule has 0 bridgehead atoms. The Kier molecular flexibility index (Phi) is 8.94. The van der Waals surface area contributed by atoms with Gasteiger partial charge in [-0.15, -0.1) is 5.11 Å². The van der Waals surface area contributed by atoms with Crippen molar-refractivity contribution in [2.75, 3.05) is 17.7 Å². The number of nitrogens with one attached hydrogen (secondary N) is 1. The molecule has 0 spiro atoms. The van der Waals surface area contributed by atoms with E-state index in [4.69, 9.17) is 27.8 Å². The zero-order valence-corrected chi connectivity index (χ0v) is 24.4. The van der Waals surface area contributed by atoms with E-state index in [1.807, 2.05) is 0 Å². The van der Waals surface area contributed by atoms with Crippen LogP contribution in [0.15, 0.2) is 68.6 Å². The summed E-state index contributed by atoms with van der Waals surface area (Å²) >= 11 is 11.5. The van der Waals surface area contributed by atoms with Gasteiger partial charge in [0.1, 0.15) is 10.6 Å². The number of aromatic hydroxyl groups is 1. The van der Waals surface area contributed by atoms with E-state index in [9.17, 15) is 34.9 Å². The number of anilines is 2. The van der Waals surface area contributed by atoms with Crippen molar-refractivity contribution in [2.24, 2.45) is 10.2 Å². The molecule has 4 N–H and O–H groups in total. The molecule has 0 aliphatic rings. The lowest BCUT2D eigenvalue weighted by Gasteiger charge is -2.11. The Balaban J connectivity index is 1.64. The minimum Gasteiger partial charge on any atom is -0.505 e. The molecule has 0 aliphatic carbocycles. The van der Waals surface area contributed by atoms with Gasteiger partial charge in [-0.05, 0) is 77.1 Å². The molecule has 0 aliphatic heterocycles. The van der Waals surface area contributed by atoms with E-state index in [0.717, 1.165) is 18.2 Å². The van der Waals surface area contributed by atoms with Crippen LogP contribution in [0.4, 0.5) is 23.0 Å². The van der Waals surface area contributed by atoms with Gasteiger partial charge >= 0.3 is 10.4 Å². The molecule has 1 aromatic heterocycles. The summed E-state index contributed by atoms with van der Waals surface area (Å²) in [6.07, 6.45) is 0. The lowest BCUT2D eigenvalue weighted by Crippen LogP contribution is -2.15. The molecule has 0 saturated heterocycles. The normalized spacial score (nSPS) is 12.7. The van der Waals surface area contributed by atoms with Crippen LogP contribution >= 0.6 is 23.2 Å². The number of benzene rings is 3. The SMILES string of the molecule is O=S(=O)(O)OCCS(=O)(=O)c1ccc(N=Nc2c(S(=O)(=O)O)cc3cc(Nc4nc(Cl)nc(Cl)n4)ccc3c2O)cc1. The van der Waals surface area contributed by atoms with E-state index >= 15 is 0 Å². The lowest BCUT2D eigenvalue weighted by atomic mass is 10.1. The third kappa shape index (κ3) is 7.83. The molecule has 0 amide bonds. The molecule has 0 unspecified atom stereocenters. The number of sulfone groups is 1. The second-order valence-electron chi connectivity index (χ2n) is 8.07. The minimum absolute atomic E-state index is 0.0192. The summed E-state index contributed by atoms with van der Waals surface area (Å²) < 4.78 is 92.6. The van der Waals surface area contributed by atoms with Gasteiger partial charge in [0.25, 0.3) is 10.1 Å². The first-order chi connectivity index (χ1) is 19.5. The van der Waals surface area contributed by atoms with Crippen LogP contribution in [0.1, 0.15) is 0 Å². The van der Waals surface area contributed by atoms with Crippen molar-refractivity contribution < 1.29 is 43.6 Å². The Morgan fingerprint density at radius 3 is 2.10 bits per heavy atom. The average Bonchev–Trinajstić information content (AvgIpc) is 2.86. The van der Waals surface area contributed by atoms with Gasteiger partial charge in [-0.25, -0.2) is 12.6 Å². The largest absolute Gasteiger partial charge is 0.505 e. The first-order valence-electron chi connectivity index (χ1n) is 11.0. The van der Waals surface area contributed by atoms with E-state index in [0.29, 0.717) is 5.69 Å². The van der Waals surface area contributed by atoms with E-state index < -0.39 is 59.0 Å². The number of phenolic OH excluding ortho intramolecular Hbond substituents is 1. The van der Waals surface area contributed by atoms with Crippen LogP contribution in [0.25, 0.3) is 10.8 Å². The van der Waals surface area contributed by atoms with Crippen LogP contribution in [-0.4, -0.2) is 66.8 Å². The summed E-state index contributed by atoms with van der Waals surface area (Å²) in [5.41, 5.74) is -0.241. The van der Waals surface area contributed by atoms with Crippen LogP contribution in [0.3, 0.4) is 0 Å². The maximum absolute atomic E-state index is 12.3. The summed E-state index contributed by atoms with van der Waals surface area (Å²) in [6, 6.07) is 9.98. The number of hydrogen-bond donors (Lipinski definition) is 4. The smallest absolute Gasteiger partial charge is 0.397 e. The number of hydrogen-bond acceptors (Lipinski definition) is 14. The zero-order chi connectivity index (χ0) is 30.9. The molecule has 222 valence electrons. The Morgan fingerprint density at radius 1 is 0.857 bits per heavy atom. The fraction of sp³-hybridized carbons (Fsp3) is 0.0952. The van der Waals surface area contributed by atoms with Gasteiger partial charge < -0.3 is 10.4 Å². The Labute approximate surface area is 247 Å². The number of fused-ring (bicyclic) bond motifs is 1. The summed E-state index contributed by atoms with van der Waals surface area (Å²) in [5.74, 6) is -1.42. The highest BCUT2D eigenvalue weighted by Gasteiger charge is 2.22. The predicted molar refractivity (Wildman–Crippen MR) is 149 cm³/mol. The second kappa shape index (κ2) is 12.0. The van der Waals surface area contributed by atoms with E-state index in [1.165, 1.54) is 30.3 Å². The highest BCUT2D eigenvalue weighted by Crippen LogP contribution is 2.42. The summed E-state index contributed by atoms with van der Waals surface area (Å²) in [4.78, 5) is 10.3. The molecular weight excluding hydrogens is 663 g/mol. The van der Waals surface area contributed by atoms with Crippen molar-refractivity contribution in [2.45, 2.75) is 9.79 Å². The van der Waals surface area contributed by atoms with Crippen LogP contribution in [0.5, 0.6) is 5.75 Å². The van der Waals surface area contributed by atoms with Gasteiger partial charge in [0.2, 0.25) is 16.5 Å². The van der Waals surface area contributed by atoms with Gasteiger partial charge in [0.15, 0.2) is 15.6 Å². The first kappa shape index (κ1) is 31.4. The molecule has 1 heterocycles. The third-order valence-electron chi connectivity index (χ3n) is 5.21. The molecule has 0 fully saturated rings. The van der Waals surface area contributed by atoms with Gasteiger partial charge in [-0.3, -0.25) is 9.11 Å². The third-order valence-corrected chi connectivity index (χ3v) is 8.58. The number of aromatic nitrogens is 3. The van der Waals surface area contributed by atoms with Crippen LogP contribution in [0, 0.1) is 0 Å². The van der Waals surface area contributed by atoms with E-state index in [2.05, 4.69) is 34.7 Å². The molecule has 0 atom stereocenters. The highest BCUT2D eigenvalue weighted by molar-refractivity contribution is 7.91. The summed E-state index contributed by atoms with van der Waals surface area (Å²) in [5, 5.41) is 21.2. The molecular formula is C21H16Cl2N6O10S3. The number of nitrogens with zero attached hydrogens (tertiary/aromatic N) is 5. The fourth-order valence-corrected chi connectivity index (χ4v) is 5.94. The standard InChI is InChI=1S/C21H16Cl2N6O10S3/c22-19-25-20(23)27-21(26-19)24-13-3-6-15-11(9-13)10-16(41(33,34)35)17(18(15)30)29-28-12-1-4-14(5-2-12)40(31,32)8-7-39-42(36,37)38/h1-6,9-10,30H,7-8H2,(H,33,34,35)(H,36,37,38)(H,24,25,26,27). The summed E-state index contributed by atoms with van der Waals surface area (Å²) in [7, 11) is -13.8. The van der Waals surface area contributed by atoms with Crippen molar-refractivity contribution in [3.05, 3.63) is 59.1 Å². The highest BCUT2D eigenvalue weighted by atomic mass is 35.5.